The molecule has 2 N–H and O–H groups in total. The van der Waals surface area contributed by atoms with Gasteiger partial charge in [-0.05, 0) is 63.9 Å². The van der Waals surface area contributed by atoms with Crippen LogP contribution in [0.15, 0.2) is 18.2 Å². The molecule has 0 spiro atoms. The summed E-state index contributed by atoms with van der Waals surface area (Å²) in [5.41, 5.74) is 3.21. The highest BCUT2D eigenvalue weighted by Gasteiger charge is 2.14. The number of aliphatic hydroxyl groups excluding tert-OH is 1. The average molecular weight is 319 g/mol. The molecule has 1 saturated heterocycles. The van der Waals surface area contributed by atoms with Gasteiger partial charge in [-0.2, -0.15) is 0 Å². The maximum absolute atomic E-state index is 12.1. The molecule has 1 atom stereocenters. The van der Waals surface area contributed by atoms with Crippen LogP contribution < -0.4 is 10.2 Å². The highest BCUT2D eigenvalue weighted by atomic mass is 16.3. The Morgan fingerprint density at radius 3 is 2.70 bits per heavy atom. The zero-order valence-corrected chi connectivity index (χ0v) is 14.5. The summed E-state index contributed by atoms with van der Waals surface area (Å²) in [6, 6.07) is 6.24. The van der Waals surface area contributed by atoms with Crippen molar-refractivity contribution in [3.63, 3.8) is 0 Å². The molecule has 1 fully saturated rings. The van der Waals surface area contributed by atoms with Crippen molar-refractivity contribution in [3.05, 3.63) is 23.8 Å². The number of anilines is 2. The highest BCUT2D eigenvalue weighted by molar-refractivity contribution is 5.93. The van der Waals surface area contributed by atoms with Gasteiger partial charge in [-0.3, -0.25) is 9.69 Å². The van der Waals surface area contributed by atoms with E-state index >= 15 is 0 Å². The average Bonchev–Trinajstić information content (AvgIpc) is 3.01. The number of hydrogen-bond donors (Lipinski definition) is 2. The molecule has 1 aliphatic rings. The zero-order chi connectivity index (χ0) is 16.8. The van der Waals surface area contributed by atoms with Gasteiger partial charge in [0.2, 0.25) is 5.91 Å². The molecule has 0 aromatic heterocycles. The molecule has 1 heterocycles. The van der Waals surface area contributed by atoms with Crippen LogP contribution in [0.3, 0.4) is 0 Å². The molecule has 2 rings (SSSR count). The topological polar surface area (TPSA) is 55.8 Å². The van der Waals surface area contributed by atoms with Gasteiger partial charge >= 0.3 is 0 Å². The van der Waals surface area contributed by atoms with Crippen LogP contribution in [-0.2, 0) is 4.79 Å². The Hall–Kier alpha value is -1.59. The van der Waals surface area contributed by atoms with E-state index in [0.29, 0.717) is 19.5 Å². The van der Waals surface area contributed by atoms with Gasteiger partial charge in [0.25, 0.3) is 0 Å². The van der Waals surface area contributed by atoms with Crippen molar-refractivity contribution >= 4 is 17.3 Å². The Balaban J connectivity index is 1.88. The number of aryl methyl sites for hydroxylation is 1. The van der Waals surface area contributed by atoms with Crippen molar-refractivity contribution in [2.75, 3.05) is 43.4 Å². The molecule has 1 amide bonds. The van der Waals surface area contributed by atoms with Crippen LogP contribution in [-0.4, -0.2) is 55.2 Å². The van der Waals surface area contributed by atoms with Crippen molar-refractivity contribution in [1.82, 2.24) is 4.90 Å². The third-order valence-corrected chi connectivity index (χ3v) is 4.30. The van der Waals surface area contributed by atoms with Crippen LogP contribution >= 0.6 is 0 Å². The van der Waals surface area contributed by atoms with Crippen LogP contribution in [0.5, 0.6) is 0 Å². The molecule has 23 heavy (non-hydrogen) atoms. The van der Waals surface area contributed by atoms with Crippen molar-refractivity contribution in [1.29, 1.82) is 0 Å². The largest absolute Gasteiger partial charge is 0.393 e. The Bertz CT molecular complexity index is 525. The summed E-state index contributed by atoms with van der Waals surface area (Å²) in [5, 5.41) is 12.3. The summed E-state index contributed by atoms with van der Waals surface area (Å²) in [7, 11) is 1.89. The van der Waals surface area contributed by atoms with Gasteiger partial charge in [-0.15, -0.1) is 0 Å². The first-order chi connectivity index (χ1) is 11.0. The van der Waals surface area contributed by atoms with E-state index in [4.69, 9.17) is 0 Å². The third-order valence-electron chi connectivity index (χ3n) is 4.30. The summed E-state index contributed by atoms with van der Waals surface area (Å²) in [5.74, 6) is -0.0184. The number of carbonyl (C=O) groups excluding carboxylic acids is 1. The first kappa shape index (κ1) is 17.8. The second kappa shape index (κ2) is 8.31. The van der Waals surface area contributed by atoms with Crippen LogP contribution in [0.2, 0.25) is 0 Å². The predicted octanol–water partition coefficient (Wildman–Crippen LogP) is 2.24. The van der Waals surface area contributed by atoms with E-state index in [0.717, 1.165) is 24.3 Å². The van der Waals surface area contributed by atoms with E-state index in [2.05, 4.69) is 22.3 Å². The van der Waals surface area contributed by atoms with Crippen LogP contribution in [0.1, 0.15) is 31.7 Å². The molecular formula is C18H29N3O2. The van der Waals surface area contributed by atoms with Crippen LogP contribution in [0.25, 0.3) is 0 Å². The molecule has 1 aromatic carbocycles. The normalized spacial score (nSPS) is 16.0. The van der Waals surface area contributed by atoms with Gasteiger partial charge in [0.1, 0.15) is 0 Å². The Morgan fingerprint density at radius 2 is 2.09 bits per heavy atom. The summed E-state index contributed by atoms with van der Waals surface area (Å²) in [6.07, 6.45) is 2.86. The van der Waals surface area contributed by atoms with Crippen LogP contribution in [0.4, 0.5) is 11.4 Å². The van der Waals surface area contributed by atoms with Gasteiger partial charge < -0.3 is 15.3 Å². The van der Waals surface area contributed by atoms with Crippen LogP contribution in [0, 0.1) is 6.92 Å². The number of carbonyl (C=O) groups is 1. The molecule has 0 saturated carbocycles. The van der Waals surface area contributed by atoms with E-state index in [1.807, 2.05) is 24.9 Å². The van der Waals surface area contributed by atoms with Crippen molar-refractivity contribution < 1.29 is 9.90 Å². The van der Waals surface area contributed by atoms with Gasteiger partial charge in [0.05, 0.1) is 12.6 Å². The Morgan fingerprint density at radius 1 is 1.39 bits per heavy atom. The van der Waals surface area contributed by atoms with E-state index in [1.54, 1.807) is 6.92 Å². The molecule has 1 aromatic rings. The number of rotatable bonds is 7. The molecular weight excluding hydrogens is 290 g/mol. The molecule has 0 radical (unpaired) electrons. The third kappa shape index (κ3) is 5.52. The smallest absolute Gasteiger partial charge is 0.238 e. The number of hydrogen-bond acceptors (Lipinski definition) is 4. The number of nitrogens with zero attached hydrogens (tertiary/aromatic N) is 2. The number of benzene rings is 1. The molecule has 0 bridgehead atoms. The molecule has 1 aliphatic heterocycles. The first-order valence-electron chi connectivity index (χ1n) is 8.48. The molecule has 0 aliphatic carbocycles. The minimum Gasteiger partial charge on any atom is -0.393 e. The lowest BCUT2D eigenvalue weighted by Crippen LogP contribution is -2.32. The van der Waals surface area contributed by atoms with E-state index in [1.165, 1.54) is 18.5 Å². The van der Waals surface area contributed by atoms with Crippen molar-refractivity contribution in [2.24, 2.45) is 0 Å². The fourth-order valence-corrected chi connectivity index (χ4v) is 2.88. The quantitative estimate of drug-likeness (QED) is 0.809. The summed E-state index contributed by atoms with van der Waals surface area (Å²) in [6.45, 7) is 7.09. The fourth-order valence-electron chi connectivity index (χ4n) is 2.88. The number of amides is 1. The lowest BCUT2D eigenvalue weighted by molar-refractivity contribution is -0.117. The van der Waals surface area contributed by atoms with E-state index < -0.39 is 0 Å². The lowest BCUT2D eigenvalue weighted by Gasteiger charge is -2.20. The maximum Gasteiger partial charge on any atom is 0.238 e. The monoisotopic (exact) mass is 319 g/mol. The maximum atomic E-state index is 12.1. The highest BCUT2D eigenvalue weighted by Crippen LogP contribution is 2.25. The summed E-state index contributed by atoms with van der Waals surface area (Å²) < 4.78 is 0. The summed E-state index contributed by atoms with van der Waals surface area (Å²) >= 11 is 0. The Labute approximate surface area is 139 Å². The number of nitrogens with one attached hydrogen (secondary N) is 1. The molecule has 5 nitrogen and oxygen atoms in total. The number of likely N-dealkylation sites (N-methyl/N-ethyl adjacent to an activating group) is 1. The molecule has 128 valence electrons. The zero-order valence-electron chi connectivity index (χ0n) is 14.5. The second-order valence-corrected chi connectivity index (χ2v) is 6.62. The van der Waals surface area contributed by atoms with Crippen molar-refractivity contribution in [2.45, 2.75) is 39.2 Å². The summed E-state index contributed by atoms with van der Waals surface area (Å²) in [4.78, 5) is 16.5. The lowest BCUT2D eigenvalue weighted by atomic mass is 10.1. The minimum absolute atomic E-state index is 0.0184. The number of aliphatic hydroxyl groups is 1. The Kier molecular flexibility index (Phi) is 6.42. The first-order valence-corrected chi connectivity index (χ1v) is 8.48. The second-order valence-electron chi connectivity index (χ2n) is 6.62. The SMILES string of the molecule is Cc1cc(N2CCCC2)ccc1NC(=O)CN(C)CCC(C)O. The van der Waals surface area contributed by atoms with E-state index in [9.17, 15) is 9.90 Å². The van der Waals surface area contributed by atoms with Gasteiger partial charge in [0, 0.05) is 31.0 Å². The van der Waals surface area contributed by atoms with E-state index in [-0.39, 0.29) is 12.0 Å². The fraction of sp³-hybridized carbons (Fsp3) is 0.611. The van der Waals surface area contributed by atoms with Gasteiger partial charge in [-0.25, -0.2) is 0 Å². The minimum atomic E-state index is -0.333. The van der Waals surface area contributed by atoms with Gasteiger partial charge in [0.15, 0.2) is 0 Å². The standard InChI is InChI=1S/C18H29N3O2/c1-14-12-16(21-9-4-5-10-21)6-7-17(14)19-18(23)13-20(3)11-8-15(2)22/h6-7,12,15,22H,4-5,8-11,13H2,1-3H3,(H,19,23). The molecule has 5 heteroatoms. The predicted molar refractivity (Wildman–Crippen MR) is 95.1 cm³/mol. The molecule has 1 unspecified atom stereocenters. The van der Waals surface area contributed by atoms with Gasteiger partial charge in [-0.1, -0.05) is 0 Å². The van der Waals surface area contributed by atoms with Crippen molar-refractivity contribution in [3.8, 4) is 0 Å².